The molecule has 0 spiro atoms. The molecular formula is C13H17NO5S. The Morgan fingerprint density at radius 1 is 1.25 bits per heavy atom. The van der Waals surface area contributed by atoms with Gasteiger partial charge in [0.1, 0.15) is 17.3 Å². The van der Waals surface area contributed by atoms with Gasteiger partial charge in [0.2, 0.25) is 5.91 Å². The molecule has 0 aromatic heterocycles. The van der Waals surface area contributed by atoms with E-state index in [0.29, 0.717) is 11.4 Å². The molecule has 1 aromatic carbocycles. The highest BCUT2D eigenvalue weighted by Crippen LogP contribution is 2.22. The van der Waals surface area contributed by atoms with E-state index in [2.05, 4.69) is 5.32 Å². The van der Waals surface area contributed by atoms with Gasteiger partial charge in [-0.25, -0.2) is 8.42 Å². The number of para-hydroxylation sites is 2. The molecule has 0 aliphatic carbocycles. The number of sulfone groups is 1. The van der Waals surface area contributed by atoms with Gasteiger partial charge in [-0.1, -0.05) is 12.1 Å². The SMILES string of the molecule is COc1ccccc1NC(=O)CS(=O)(=O)CCC(C)=O. The average molecular weight is 299 g/mol. The van der Waals surface area contributed by atoms with Gasteiger partial charge in [0.05, 0.1) is 18.6 Å². The Morgan fingerprint density at radius 2 is 1.90 bits per heavy atom. The number of carbonyl (C=O) groups excluding carboxylic acids is 2. The minimum absolute atomic E-state index is 0.0791. The van der Waals surface area contributed by atoms with Crippen molar-refractivity contribution in [3.8, 4) is 5.75 Å². The Balaban J connectivity index is 2.66. The Morgan fingerprint density at radius 3 is 2.50 bits per heavy atom. The van der Waals surface area contributed by atoms with Crippen LogP contribution in [0.1, 0.15) is 13.3 Å². The Hall–Kier alpha value is -1.89. The van der Waals surface area contributed by atoms with Crippen LogP contribution in [0.3, 0.4) is 0 Å². The summed E-state index contributed by atoms with van der Waals surface area (Å²) < 4.78 is 28.3. The first-order valence-electron chi connectivity index (χ1n) is 5.97. The van der Waals surface area contributed by atoms with Crippen LogP contribution in [-0.4, -0.2) is 38.7 Å². The smallest absolute Gasteiger partial charge is 0.239 e. The topological polar surface area (TPSA) is 89.5 Å². The van der Waals surface area contributed by atoms with E-state index in [-0.39, 0.29) is 18.0 Å². The number of amides is 1. The van der Waals surface area contributed by atoms with E-state index in [1.54, 1.807) is 24.3 Å². The maximum absolute atomic E-state index is 11.7. The second-order valence-corrected chi connectivity index (χ2v) is 6.48. The largest absolute Gasteiger partial charge is 0.495 e. The summed E-state index contributed by atoms with van der Waals surface area (Å²) in [5, 5.41) is 2.48. The van der Waals surface area contributed by atoms with Crippen molar-refractivity contribution in [2.45, 2.75) is 13.3 Å². The second kappa shape index (κ2) is 7.04. The summed E-state index contributed by atoms with van der Waals surface area (Å²) in [4.78, 5) is 22.5. The standard InChI is InChI=1S/C13H17NO5S/c1-10(15)7-8-20(17,18)9-13(16)14-11-5-3-4-6-12(11)19-2/h3-6H,7-9H2,1-2H3,(H,14,16). The number of methoxy groups -OCH3 is 1. The zero-order valence-corrected chi connectivity index (χ0v) is 12.2. The molecule has 0 aliphatic rings. The predicted molar refractivity (Wildman–Crippen MR) is 75.6 cm³/mol. The van der Waals surface area contributed by atoms with Crippen LogP contribution < -0.4 is 10.1 Å². The second-order valence-electron chi connectivity index (χ2n) is 4.29. The minimum Gasteiger partial charge on any atom is -0.495 e. The van der Waals surface area contributed by atoms with Crippen LogP contribution >= 0.6 is 0 Å². The number of anilines is 1. The zero-order chi connectivity index (χ0) is 15.2. The Labute approximate surface area is 118 Å². The van der Waals surface area contributed by atoms with E-state index >= 15 is 0 Å². The number of ether oxygens (including phenoxy) is 1. The van der Waals surface area contributed by atoms with E-state index in [1.807, 2.05) is 0 Å². The first kappa shape index (κ1) is 16.2. The van der Waals surface area contributed by atoms with E-state index in [0.717, 1.165) is 0 Å². The van der Waals surface area contributed by atoms with E-state index in [1.165, 1.54) is 14.0 Å². The summed E-state index contributed by atoms with van der Waals surface area (Å²) in [6.07, 6.45) is -0.0791. The van der Waals surface area contributed by atoms with Crippen molar-refractivity contribution < 1.29 is 22.7 Å². The summed E-state index contributed by atoms with van der Waals surface area (Å²) in [5.41, 5.74) is 0.404. The molecule has 0 bridgehead atoms. The summed E-state index contributed by atoms with van der Waals surface area (Å²) in [6, 6.07) is 6.69. The normalized spacial score (nSPS) is 10.9. The predicted octanol–water partition coefficient (Wildman–Crippen LogP) is 1.03. The molecule has 0 heterocycles. The van der Waals surface area contributed by atoms with Crippen molar-refractivity contribution in [1.82, 2.24) is 0 Å². The van der Waals surface area contributed by atoms with Gasteiger partial charge in [-0.3, -0.25) is 9.59 Å². The van der Waals surface area contributed by atoms with Crippen LogP contribution in [-0.2, 0) is 19.4 Å². The molecule has 7 heteroatoms. The molecule has 1 aromatic rings. The Kier molecular flexibility index (Phi) is 5.69. The van der Waals surface area contributed by atoms with Gasteiger partial charge in [0, 0.05) is 6.42 Å². The third-order valence-corrected chi connectivity index (χ3v) is 4.03. The van der Waals surface area contributed by atoms with E-state index < -0.39 is 21.5 Å². The first-order chi connectivity index (χ1) is 9.34. The molecule has 110 valence electrons. The summed E-state index contributed by atoms with van der Waals surface area (Å²) in [6.45, 7) is 1.31. The van der Waals surface area contributed by atoms with Crippen LogP contribution in [0.5, 0.6) is 5.75 Å². The first-order valence-corrected chi connectivity index (χ1v) is 7.79. The highest BCUT2D eigenvalue weighted by atomic mass is 32.2. The van der Waals surface area contributed by atoms with Crippen LogP contribution in [0.4, 0.5) is 5.69 Å². The average Bonchev–Trinajstić information content (AvgIpc) is 2.36. The van der Waals surface area contributed by atoms with Crippen LogP contribution in [0, 0.1) is 0 Å². The van der Waals surface area contributed by atoms with Gasteiger partial charge in [-0.2, -0.15) is 0 Å². The van der Waals surface area contributed by atoms with Gasteiger partial charge in [0.25, 0.3) is 0 Å². The van der Waals surface area contributed by atoms with Gasteiger partial charge in [0.15, 0.2) is 9.84 Å². The number of hydrogen-bond donors (Lipinski definition) is 1. The van der Waals surface area contributed by atoms with Crippen molar-refractivity contribution in [3.63, 3.8) is 0 Å². The van der Waals surface area contributed by atoms with Gasteiger partial charge in [-0.15, -0.1) is 0 Å². The molecule has 0 radical (unpaired) electrons. The summed E-state index contributed by atoms with van der Waals surface area (Å²) in [7, 11) is -2.14. The maximum Gasteiger partial charge on any atom is 0.239 e. The zero-order valence-electron chi connectivity index (χ0n) is 11.4. The molecule has 0 fully saturated rings. The molecule has 0 saturated heterocycles. The molecule has 0 atom stereocenters. The number of nitrogens with one attached hydrogen (secondary N) is 1. The van der Waals surface area contributed by atoms with Crippen LogP contribution in [0.15, 0.2) is 24.3 Å². The van der Waals surface area contributed by atoms with Crippen molar-refractivity contribution in [1.29, 1.82) is 0 Å². The molecule has 1 amide bonds. The minimum atomic E-state index is -3.59. The molecule has 6 nitrogen and oxygen atoms in total. The third kappa shape index (κ3) is 5.40. The molecule has 0 unspecified atom stereocenters. The molecule has 0 aliphatic heterocycles. The van der Waals surface area contributed by atoms with Crippen LogP contribution in [0.25, 0.3) is 0 Å². The molecular weight excluding hydrogens is 282 g/mol. The number of carbonyl (C=O) groups is 2. The van der Waals surface area contributed by atoms with Crippen molar-refractivity contribution in [2.75, 3.05) is 23.9 Å². The maximum atomic E-state index is 11.7. The van der Waals surface area contributed by atoms with Gasteiger partial charge in [-0.05, 0) is 19.1 Å². The van der Waals surface area contributed by atoms with Crippen molar-refractivity contribution in [2.24, 2.45) is 0 Å². The van der Waals surface area contributed by atoms with Gasteiger partial charge >= 0.3 is 0 Å². The lowest BCUT2D eigenvalue weighted by Crippen LogP contribution is -2.25. The number of hydrogen-bond acceptors (Lipinski definition) is 5. The van der Waals surface area contributed by atoms with Crippen LogP contribution in [0.2, 0.25) is 0 Å². The van der Waals surface area contributed by atoms with E-state index in [4.69, 9.17) is 4.74 Å². The monoisotopic (exact) mass is 299 g/mol. The molecule has 1 rings (SSSR count). The fourth-order valence-electron chi connectivity index (χ4n) is 1.51. The van der Waals surface area contributed by atoms with Crippen molar-refractivity contribution >= 4 is 27.2 Å². The lowest BCUT2D eigenvalue weighted by atomic mass is 10.3. The molecule has 1 N–H and O–H groups in total. The lowest BCUT2D eigenvalue weighted by Gasteiger charge is -2.09. The molecule has 20 heavy (non-hydrogen) atoms. The fourth-order valence-corrected chi connectivity index (χ4v) is 2.72. The highest BCUT2D eigenvalue weighted by Gasteiger charge is 2.18. The molecule has 0 saturated carbocycles. The number of ketones is 1. The lowest BCUT2D eigenvalue weighted by molar-refractivity contribution is -0.117. The number of rotatable bonds is 7. The van der Waals surface area contributed by atoms with Gasteiger partial charge < -0.3 is 10.1 Å². The summed E-state index contributed by atoms with van der Waals surface area (Å²) in [5.74, 6) is -1.40. The third-order valence-electron chi connectivity index (χ3n) is 2.50. The fraction of sp³-hybridized carbons (Fsp3) is 0.385. The number of benzene rings is 1. The quantitative estimate of drug-likeness (QED) is 0.812. The van der Waals surface area contributed by atoms with Crippen molar-refractivity contribution in [3.05, 3.63) is 24.3 Å². The number of Topliss-reactive ketones (excluding diaryl/α,β-unsaturated/α-hetero) is 1. The highest BCUT2D eigenvalue weighted by molar-refractivity contribution is 7.92. The Bertz CT molecular complexity index is 595. The van der Waals surface area contributed by atoms with E-state index in [9.17, 15) is 18.0 Å². The summed E-state index contributed by atoms with van der Waals surface area (Å²) >= 11 is 0.